The zero-order chi connectivity index (χ0) is 24.0. The van der Waals surface area contributed by atoms with Crippen LogP contribution in [0.3, 0.4) is 0 Å². The first-order chi connectivity index (χ1) is 16.4. The number of rotatable bonds is 5. The number of aryl methyl sites for hydroxylation is 2. The molecule has 0 aliphatic heterocycles. The topological polar surface area (TPSA) is 61.9 Å². The third kappa shape index (κ3) is 3.42. The highest BCUT2D eigenvalue weighted by Gasteiger charge is 2.19. The van der Waals surface area contributed by atoms with E-state index in [1.54, 1.807) is 45.4 Å². The molecule has 0 unspecified atom stereocenters. The van der Waals surface area contributed by atoms with E-state index in [0.29, 0.717) is 39.2 Å². The van der Waals surface area contributed by atoms with Gasteiger partial charge in [0.05, 0.1) is 34.1 Å². The smallest absolute Gasteiger partial charge is 0.333 e. The minimum absolute atomic E-state index is 0.0441. The summed E-state index contributed by atoms with van der Waals surface area (Å²) in [4.78, 5) is 22.2. The third-order valence-electron chi connectivity index (χ3n) is 6.07. The summed E-state index contributed by atoms with van der Waals surface area (Å²) in [5.41, 5.74) is 4.82. The van der Waals surface area contributed by atoms with Gasteiger partial charge in [-0.3, -0.25) is 19.1 Å². The van der Waals surface area contributed by atoms with E-state index in [1.165, 1.54) is 15.2 Å². The van der Waals surface area contributed by atoms with Crippen molar-refractivity contribution in [3.05, 3.63) is 82.4 Å². The average molecular weight is 460 g/mol. The van der Waals surface area contributed by atoms with Crippen molar-refractivity contribution in [1.29, 1.82) is 0 Å². The van der Waals surface area contributed by atoms with Crippen molar-refractivity contribution < 1.29 is 13.5 Å². The van der Waals surface area contributed by atoms with E-state index in [2.05, 4.69) is 9.97 Å². The van der Waals surface area contributed by atoms with Gasteiger partial charge in [-0.2, -0.15) is 0 Å². The van der Waals surface area contributed by atoms with E-state index in [0.717, 1.165) is 16.5 Å². The number of imidazole rings is 1. The Balaban J connectivity index is 1.79. The Labute approximate surface area is 194 Å². The molecule has 3 aromatic heterocycles. The van der Waals surface area contributed by atoms with Gasteiger partial charge in [-0.25, -0.2) is 13.6 Å². The number of ether oxygens (including phenoxy) is 1. The number of nitrogens with zero attached hydrogens (tertiary/aromatic N) is 4. The van der Waals surface area contributed by atoms with Crippen LogP contribution < -0.4 is 10.4 Å². The Morgan fingerprint density at radius 1 is 1.03 bits per heavy atom. The normalized spacial score (nSPS) is 11.4. The van der Waals surface area contributed by atoms with Gasteiger partial charge in [0.1, 0.15) is 24.8 Å². The van der Waals surface area contributed by atoms with Gasteiger partial charge in [0.25, 0.3) is 0 Å². The van der Waals surface area contributed by atoms with E-state index in [4.69, 9.17) is 4.74 Å². The van der Waals surface area contributed by atoms with Crippen LogP contribution >= 0.6 is 0 Å². The SMILES string of the molecule is Cc1ncc(-c2ccc3ncc4c(c3c2)n(-c2cccc(F)c2C)c(=O)n4C)cc1OCCF. The van der Waals surface area contributed by atoms with E-state index < -0.39 is 6.67 Å². The van der Waals surface area contributed by atoms with Crippen molar-refractivity contribution in [3.63, 3.8) is 0 Å². The van der Waals surface area contributed by atoms with Crippen molar-refractivity contribution in [1.82, 2.24) is 19.1 Å². The van der Waals surface area contributed by atoms with Gasteiger partial charge < -0.3 is 4.74 Å². The lowest BCUT2D eigenvalue weighted by molar-refractivity contribution is 0.271. The summed E-state index contributed by atoms with van der Waals surface area (Å²) in [5.74, 6) is 0.130. The molecule has 172 valence electrons. The number of hydrogen-bond acceptors (Lipinski definition) is 4. The number of fused-ring (bicyclic) bond motifs is 3. The molecule has 0 radical (unpaired) electrons. The summed E-state index contributed by atoms with van der Waals surface area (Å²) in [7, 11) is 1.67. The second-order valence-corrected chi connectivity index (χ2v) is 8.13. The molecule has 0 aliphatic rings. The summed E-state index contributed by atoms with van der Waals surface area (Å²) in [6.07, 6.45) is 3.38. The number of alkyl halides is 1. The van der Waals surface area contributed by atoms with Gasteiger partial charge in [0.15, 0.2) is 0 Å². The molecule has 34 heavy (non-hydrogen) atoms. The van der Waals surface area contributed by atoms with E-state index in [-0.39, 0.29) is 18.1 Å². The Bertz CT molecular complexity index is 1620. The zero-order valence-corrected chi connectivity index (χ0v) is 19.0. The number of hydrogen-bond donors (Lipinski definition) is 0. The Hall–Kier alpha value is -4.07. The summed E-state index contributed by atoms with van der Waals surface area (Å²) >= 11 is 0. The first kappa shape index (κ1) is 21.8. The number of halogens is 2. The van der Waals surface area contributed by atoms with E-state index in [1.807, 2.05) is 24.3 Å². The maximum Gasteiger partial charge on any atom is 0.333 e. The van der Waals surface area contributed by atoms with E-state index in [9.17, 15) is 13.6 Å². The van der Waals surface area contributed by atoms with Crippen LogP contribution in [0.5, 0.6) is 5.75 Å². The lowest BCUT2D eigenvalue weighted by atomic mass is 10.0. The summed E-state index contributed by atoms with van der Waals surface area (Å²) in [6, 6.07) is 12.2. The standard InChI is InChI=1S/C26H22F2N4O2/c1-15-20(28)5-4-6-22(15)32-25-19-11-17(18-12-24(34-10-9-27)16(2)29-13-18)7-8-21(19)30-14-23(25)31(3)26(32)33/h4-8,11-14H,9-10H2,1-3H3. The summed E-state index contributed by atoms with van der Waals surface area (Å²) < 4.78 is 35.5. The van der Waals surface area contributed by atoms with Crippen LogP contribution in [0.25, 0.3) is 38.8 Å². The van der Waals surface area contributed by atoms with Crippen LogP contribution in [0.2, 0.25) is 0 Å². The molecular formula is C26H22F2N4O2. The molecule has 2 aromatic carbocycles. The lowest BCUT2D eigenvalue weighted by Gasteiger charge is -2.12. The van der Waals surface area contributed by atoms with Crippen molar-refractivity contribution >= 4 is 21.9 Å². The summed E-state index contributed by atoms with van der Waals surface area (Å²) in [5, 5.41) is 0.739. The monoisotopic (exact) mass is 460 g/mol. The van der Waals surface area contributed by atoms with Crippen molar-refractivity contribution in [2.75, 3.05) is 13.3 Å². The number of benzene rings is 2. The van der Waals surface area contributed by atoms with Crippen molar-refractivity contribution in [2.24, 2.45) is 7.05 Å². The first-order valence-electron chi connectivity index (χ1n) is 10.8. The second-order valence-electron chi connectivity index (χ2n) is 8.13. The third-order valence-corrected chi connectivity index (χ3v) is 6.07. The molecule has 3 heterocycles. The molecule has 0 atom stereocenters. The van der Waals surface area contributed by atoms with Crippen molar-refractivity contribution in [3.8, 4) is 22.6 Å². The minimum atomic E-state index is -0.589. The van der Waals surface area contributed by atoms with Gasteiger partial charge in [0.2, 0.25) is 0 Å². The molecule has 0 aliphatic carbocycles. The van der Waals surface area contributed by atoms with Gasteiger partial charge in [-0.1, -0.05) is 12.1 Å². The predicted molar refractivity (Wildman–Crippen MR) is 128 cm³/mol. The number of pyridine rings is 2. The highest BCUT2D eigenvalue weighted by molar-refractivity contribution is 6.04. The molecule has 6 nitrogen and oxygen atoms in total. The van der Waals surface area contributed by atoms with Crippen LogP contribution in [0, 0.1) is 19.7 Å². The lowest BCUT2D eigenvalue weighted by Crippen LogP contribution is -2.21. The van der Waals surface area contributed by atoms with Crippen LogP contribution in [-0.2, 0) is 7.05 Å². The fourth-order valence-electron chi connectivity index (χ4n) is 4.20. The van der Waals surface area contributed by atoms with Gasteiger partial charge in [-0.15, -0.1) is 0 Å². The fourth-order valence-corrected chi connectivity index (χ4v) is 4.20. The molecule has 5 aromatic rings. The molecule has 0 amide bonds. The maximum atomic E-state index is 14.4. The molecule has 8 heteroatoms. The largest absolute Gasteiger partial charge is 0.489 e. The average Bonchev–Trinajstić information content (AvgIpc) is 3.10. The molecule has 0 N–H and O–H groups in total. The molecule has 0 spiro atoms. The molecular weight excluding hydrogens is 438 g/mol. The van der Waals surface area contributed by atoms with Crippen LogP contribution in [0.1, 0.15) is 11.3 Å². The maximum absolute atomic E-state index is 14.4. The summed E-state index contributed by atoms with van der Waals surface area (Å²) in [6.45, 7) is 2.82. The quantitative estimate of drug-likeness (QED) is 0.369. The van der Waals surface area contributed by atoms with Gasteiger partial charge in [-0.05, 0) is 49.7 Å². The van der Waals surface area contributed by atoms with Gasteiger partial charge in [0, 0.05) is 29.8 Å². The molecule has 0 saturated carbocycles. The first-order valence-corrected chi connectivity index (χ1v) is 10.8. The minimum Gasteiger partial charge on any atom is -0.489 e. The van der Waals surface area contributed by atoms with E-state index >= 15 is 0 Å². The highest BCUT2D eigenvalue weighted by Crippen LogP contribution is 2.32. The highest BCUT2D eigenvalue weighted by atomic mass is 19.1. The van der Waals surface area contributed by atoms with Crippen molar-refractivity contribution in [2.45, 2.75) is 13.8 Å². The van der Waals surface area contributed by atoms with Crippen LogP contribution in [0.4, 0.5) is 8.78 Å². The predicted octanol–water partition coefficient (Wildman–Crippen LogP) is 5.04. The Kier molecular flexibility index (Phi) is 5.36. The van der Waals surface area contributed by atoms with Crippen LogP contribution in [0.15, 0.2) is 59.7 Å². The molecule has 0 fully saturated rings. The Morgan fingerprint density at radius 2 is 1.85 bits per heavy atom. The molecule has 5 rings (SSSR count). The number of aromatic nitrogens is 4. The molecule has 0 saturated heterocycles. The molecule has 0 bridgehead atoms. The van der Waals surface area contributed by atoms with Crippen LogP contribution in [-0.4, -0.2) is 32.4 Å². The van der Waals surface area contributed by atoms with Gasteiger partial charge >= 0.3 is 5.69 Å². The zero-order valence-electron chi connectivity index (χ0n) is 19.0. The Morgan fingerprint density at radius 3 is 2.65 bits per heavy atom. The fraction of sp³-hybridized carbons (Fsp3) is 0.192. The second kappa shape index (κ2) is 8.37.